The minimum atomic E-state index is 0.231. The molecule has 0 spiro atoms. The van der Waals surface area contributed by atoms with E-state index < -0.39 is 0 Å². The summed E-state index contributed by atoms with van der Waals surface area (Å²) in [4.78, 5) is 16.3. The van der Waals surface area contributed by atoms with Crippen LogP contribution in [0.2, 0.25) is 0 Å². The third-order valence-corrected chi connectivity index (χ3v) is 3.57. The normalized spacial score (nSPS) is 26.9. The fraction of sp³-hybridized carbons (Fsp3) is 0.917. The quantitative estimate of drug-likeness (QED) is 0.682. The lowest BCUT2D eigenvalue weighted by molar-refractivity contribution is 0.00176. The van der Waals surface area contributed by atoms with E-state index in [4.69, 9.17) is 4.74 Å². The Kier molecular flexibility index (Phi) is 4.04. The molecule has 0 aliphatic carbocycles. The summed E-state index contributed by atoms with van der Waals surface area (Å²) in [6.07, 6.45) is 4.57. The molecule has 2 aliphatic heterocycles. The van der Waals surface area contributed by atoms with Crippen LogP contribution < -0.4 is 0 Å². The van der Waals surface area contributed by atoms with Gasteiger partial charge in [0.25, 0.3) is 0 Å². The van der Waals surface area contributed by atoms with Crippen molar-refractivity contribution in [1.82, 2.24) is 9.80 Å². The molecule has 4 nitrogen and oxygen atoms in total. The van der Waals surface area contributed by atoms with Crippen LogP contribution in [-0.4, -0.2) is 54.7 Å². The Morgan fingerprint density at radius 2 is 2.00 bits per heavy atom. The predicted octanol–water partition coefficient (Wildman–Crippen LogP) is 1.70. The van der Waals surface area contributed by atoms with E-state index in [1.807, 2.05) is 9.80 Å². The van der Waals surface area contributed by atoms with Crippen LogP contribution in [0.4, 0.5) is 4.79 Å². The van der Waals surface area contributed by atoms with Gasteiger partial charge in [-0.2, -0.15) is 0 Å². The van der Waals surface area contributed by atoms with Gasteiger partial charge in [-0.1, -0.05) is 6.92 Å². The number of morpholine rings is 1. The van der Waals surface area contributed by atoms with E-state index in [2.05, 4.69) is 6.92 Å². The first kappa shape index (κ1) is 11.7. The number of amides is 2. The van der Waals surface area contributed by atoms with Crippen LogP contribution in [0.15, 0.2) is 0 Å². The standard InChI is InChI=1S/C12H22N2O2/c1-2-11-10-16-9-8-14(11)12(15)13-6-4-3-5-7-13/h11H,2-10H2,1H3. The fourth-order valence-electron chi connectivity index (χ4n) is 2.51. The van der Waals surface area contributed by atoms with Crippen molar-refractivity contribution < 1.29 is 9.53 Å². The molecule has 0 N–H and O–H groups in total. The highest BCUT2D eigenvalue weighted by molar-refractivity contribution is 5.75. The summed E-state index contributed by atoms with van der Waals surface area (Å²) in [6.45, 7) is 6.15. The summed E-state index contributed by atoms with van der Waals surface area (Å²) in [5.41, 5.74) is 0. The van der Waals surface area contributed by atoms with Crippen molar-refractivity contribution in [3.8, 4) is 0 Å². The van der Waals surface area contributed by atoms with Crippen LogP contribution in [0.1, 0.15) is 32.6 Å². The van der Waals surface area contributed by atoms with E-state index >= 15 is 0 Å². The van der Waals surface area contributed by atoms with E-state index in [0.29, 0.717) is 13.2 Å². The smallest absolute Gasteiger partial charge is 0.320 e. The van der Waals surface area contributed by atoms with E-state index in [-0.39, 0.29) is 12.1 Å². The van der Waals surface area contributed by atoms with Crippen LogP contribution in [0.25, 0.3) is 0 Å². The number of nitrogens with zero attached hydrogens (tertiary/aromatic N) is 2. The van der Waals surface area contributed by atoms with Crippen LogP contribution in [-0.2, 0) is 4.74 Å². The zero-order valence-electron chi connectivity index (χ0n) is 10.2. The summed E-state index contributed by atoms with van der Waals surface area (Å²) >= 11 is 0. The van der Waals surface area contributed by atoms with Gasteiger partial charge >= 0.3 is 6.03 Å². The molecule has 0 aromatic heterocycles. The molecule has 92 valence electrons. The summed E-state index contributed by atoms with van der Waals surface area (Å²) in [5.74, 6) is 0. The molecule has 0 bridgehead atoms. The predicted molar refractivity (Wildman–Crippen MR) is 62.4 cm³/mol. The van der Waals surface area contributed by atoms with Gasteiger partial charge in [-0.15, -0.1) is 0 Å². The monoisotopic (exact) mass is 226 g/mol. The maximum atomic E-state index is 12.3. The molecule has 16 heavy (non-hydrogen) atoms. The second-order valence-corrected chi connectivity index (χ2v) is 4.66. The maximum absolute atomic E-state index is 12.3. The number of carbonyl (C=O) groups excluding carboxylic acids is 1. The van der Waals surface area contributed by atoms with E-state index in [9.17, 15) is 4.79 Å². The van der Waals surface area contributed by atoms with Gasteiger partial charge < -0.3 is 14.5 Å². The number of urea groups is 1. The van der Waals surface area contributed by atoms with Gasteiger partial charge in [-0.05, 0) is 25.7 Å². The van der Waals surface area contributed by atoms with E-state index in [1.54, 1.807) is 0 Å². The van der Waals surface area contributed by atoms with Gasteiger partial charge in [0.2, 0.25) is 0 Å². The number of hydrogen-bond acceptors (Lipinski definition) is 2. The Labute approximate surface area is 97.5 Å². The molecule has 0 radical (unpaired) electrons. The van der Waals surface area contributed by atoms with Crippen molar-refractivity contribution in [2.45, 2.75) is 38.6 Å². The van der Waals surface area contributed by atoms with Crippen molar-refractivity contribution in [2.75, 3.05) is 32.8 Å². The molecular formula is C12H22N2O2. The fourth-order valence-corrected chi connectivity index (χ4v) is 2.51. The lowest BCUT2D eigenvalue weighted by atomic mass is 10.1. The summed E-state index contributed by atoms with van der Waals surface area (Å²) < 4.78 is 5.43. The summed E-state index contributed by atoms with van der Waals surface area (Å²) in [7, 11) is 0. The first-order chi connectivity index (χ1) is 7.83. The Bertz CT molecular complexity index is 239. The van der Waals surface area contributed by atoms with Crippen LogP contribution in [0, 0.1) is 0 Å². The highest BCUT2D eigenvalue weighted by Crippen LogP contribution is 2.16. The molecule has 0 saturated carbocycles. The lowest BCUT2D eigenvalue weighted by Gasteiger charge is -2.39. The second-order valence-electron chi connectivity index (χ2n) is 4.66. The molecule has 2 rings (SSSR count). The second kappa shape index (κ2) is 5.53. The number of hydrogen-bond donors (Lipinski definition) is 0. The van der Waals surface area contributed by atoms with Crippen LogP contribution >= 0.6 is 0 Å². The molecule has 2 heterocycles. The van der Waals surface area contributed by atoms with Crippen molar-refractivity contribution in [3.05, 3.63) is 0 Å². The van der Waals surface area contributed by atoms with Gasteiger partial charge in [0.1, 0.15) is 0 Å². The molecule has 0 aromatic rings. The van der Waals surface area contributed by atoms with Crippen LogP contribution in [0.5, 0.6) is 0 Å². The molecular weight excluding hydrogens is 204 g/mol. The van der Waals surface area contributed by atoms with Crippen molar-refractivity contribution in [1.29, 1.82) is 0 Å². The number of likely N-dealkylation sites (tertiary alicyclic amines) is 1. The van der Waals surface area contributed by atoms with Crippen LogP contribution in [0.3, 0.4) is 0 Å². The zero-order valence-corrected chi connectivity index (χ0v) is 10.2. The number of rotatable bonds is 1. The first-order valence-electron chi connectivity index (χ1n) is 6.46. The maximum Gasteiger partial charge on any atom is 0.320 e. The topological polar surface area (TPSA) is 32.8 Å². The third kappa shape index (κ3) is 2.48. The molecule has 0 aromatic carbocycles. The first-order valence-corrected chi connectivity index (χ1v) is 6.46. The van der Waals surface area contributed by atoms with Gasteiger partial charge in [0.05, 0.1) is 19.3 Å². The number of carbonyl (C=O) groups is 1. The SMILES string of the molecule is CCC1COCCN1C(=O)N1CCCCC1. The highest BCUT2D eigenvalue weighted by atomic mass is 16.5. The molecule has 1 atom stereocenters. The van der Waals surface area contributed by atoms with Crippen molar-refractivity contribution in [3.63, 3.8) is 0 Å². The Morgan fingerprint density at radius 1 is 1.25 bits per heavy atom. The number of ether oxygens (including phenoxy) is 1. The van der Waals surface area contributed by atoms with Gasteiger partial charge in [0.15, 0.2) is 0 Å². The molecule has 1 unspecified atom stereocenters. The highest BCUT2D eigenvalue weighted by Gasteiger charge is 2.29. The molecule has 2 saturated heterocycles. The number of piperidine rings is 1. The summed E-state index contributed by atoms with van der Waals surface area (Å²) in [6, 6.07) is 0.512. The molecule has 2 amide bonds. The van der Waals surface area contributed by atoms with E-state index in [0.717, 1.165) is 38.9 Å². The van der Waals surface area contributed by atoms with E-state index in [1.165, 1.54) is 6.42 Å². The van der Waals surface area contributed by atoms with Gasteiger partial charge in [0, 0.05) is 19.6 Å². The van der Waals surface area contributed by atoms with Gasteiger partial charge in [-0.25, -0.2) is 4.79 Å². The third-order valence-electron chi connectivity index (χ3n) is 3.57. The molecule has 2 aliphatic rings. The molecule has 2 fully saturated rings. The average molecular weight is 226 g/mol. The van der Waals surface area contributed by atoms with Crippen molar-refractivity contribution >= 4 is 6.03 Å². The Hall–Kier alpha value is -0.770. The Morgan fingerprint density at radius 3 is 2.69 bits per heavy atom. The largest absolute Gasteiger partial charge is 0.377 e. The lowest BCUT2D eigenvalue weighted by Crippen LogP contribution is -2.54. The average Bonchev–Trinajstić information content (AvgIpc) is 2.39. The minimum Gasteiger partial charge on any atom is -0.377 e. The molecule has 4 heteroatoms. The van der Waals surface area contributed by atoms with Crippen molar-refractivity contribution in [2.24, 2.45) is 0 Å². The summed E-state index contributed by atoms with van der Waals surface area (Å²) in [5, 5.41) is 0. The zero-order chi connectivity index (χ0) is 11.4. The van der Waals surface area contributed by atoms with Gasteiger partial charge in [-0.3, -0.25) is 0 Å². The minimum absolute atomic E-state index is 0.231. The Balaban J connectivity index is 1.95.